The summed E-state index contributed by atoms with van der Waals surface area (Å²) in [5, 5.41) is 9.72. The zero-order valence-corrected chi connectivity index (χ0v) is 19.4. The highest BCUT2D eigenvalue weighted by Crippen LogP contribution is 2.40. The van der Waals surface area contributed by atoms with E-state index in [1.807, 2.05) is 54.6 Å². The lowest BCUT2D eigenvalue weighted by molar-refractivity contribution is 0.102. The fourth-order valence-corrected chi connectivity index (χ4v) is 4.65. The molecule has 8 nitrogen and oxygen atoms in total. The molecule has 5 N–H and O–H groups in total. The number of nitrogen functional groups attached to an aromatic ring is 1. The molecule has 1 aliphatic carbocycles. The quantitative estimate of drug-likeness (QED) is 0.280. The van der Waals surface area contributed by atoms with Crippen molar-refractivity contribution in [1.29, 1.82) is 0 Å². The lowest BCUT2D eigenvalue weighted by Crippen LogP contribution is -2.28. The number of anilines is 3. The smallest absolute Gasteiger partial charge is 0.319 e. The number of hydrogen-bond donors (Lipinski definition) is 4. The average molecular weight is 473 g/mol. The maximum absolute atomic E-state index is 12.4. The number of carbonyl (C=O) groups is 2. The van der Waals surface area contributed by atoms with Crippen LogP contribution in [-0.2, 0) is 6.54 Å². The lowest BCUT2D eigenvalue weighted by atomic mass is 10.1. The molecule has 0 atom stereocenters. The second-order valence-electron chi connectivity index (χ2n) is 8.27. The predicted octanol–water partition coefficient (Wildman–Crippen LogP) is 5.04. The molecule has 5 rings (SSSR count). The maximum Gasteiger partial charge on any atom is 0.319 e. The Kier molecular flexibility index (Phi) is 5.85. The number of Topliss-reactive ketones (excluding diaryl/α,β-unsaturated/α-hetero) is 1. The molecule has 4 aromatic rings. The lowest BCUT2D eigenvalue weighted by Gasteiger charge is -2.11. The van der Waals surface area contributed by atoms with E-state index < -0.39 is 0 Å². The molecular weight excluding hydrogens is 448 g/mol. The first-order valence-corrected chi connectivity index (χ1v) is 11.9. The minimum absolute atomic E-state index is 0.103. The molecule has 0 unspecified atom stereocenters. The van der Waals surface area contributed by atoms with E-state index in [2.05, 4.69) is 20.9 Å². The van der Waals surface area contributed by atoms with Gasteiger partial charge in [-0.05, 0) is 30.5 Å². The SMILES string of the molecule is CC(=O)c1sc2nc(NC3CC3)nc(-c3cccc(NC(=O)NCc4ccccc4)c3)c2c1N. The summed E-state index contributed by atoms with van der Waals surface area (Å²) in [6.45, 7) is 1.92. The van der Waals surface area contributed by atoms with Crippen molar-refractivity contribution in [3.63, 3.8) is 0 Å². The number of nitrogens with zero attached hydrogens (tertiary/aromatic N) is 2. The van der Waals surface area contributed by atoms with Crippen LogP contribution < -0.4 is 21.7 Å². The minimum atomic E-state index is -0.307. The molecule has 0 spiro atoms. The number of ketones is 1. The maximum atomic E-state index is 12.4. The Bertz CT molecular complexity index is 1380. The van der Waals surface area contributed by atoms with Crippen LogP contribution in [0.3, 0.4) is 0 Å². The number of carbonyl (C=O) groups excluding carboxylic acids is 2. The van der Waals surface area contributed by atoms with Crippen LogP contribution in [0.25, 0.3) is 21.5 Å². The third-order valence-corrected chi connectivity index (χ3v) is 6.71. The van der Waals surface area contributed by atoms with Crippen LogP contribution in [0.2, 0.25) is 0 Å². The van der Waals surface area contributed by atoms with Gasteiger partial charge in [0, 0.05) is 30.8 Å². The summed E-state index contributed by atoms with van der Waals surface area (Å²) in [6, 6.07) is 17.2. The van der Waals surface area contributed by atoms with Gasteiger partial charge in [0.25, 0.3) is 0 Å². The van der Waals surface area contributed by atoms with Crippen molar-refractivity contribution in [3.05, 3.63) is 65.0 Å². The van der Waals surface area contributed by atoms with Crippen LogP contribution >= 0.6 is 11.3 Å². The molecule has 0 saturated heterocycles. The van der Waals surface area contributed by atoms with Gasteiger partial charge in [0.05, 0.1) is 21.6 Å². The normalized spacial score (nSPS) is 13.0. The number of aromatic nitrogens is 2. The zero-order valence-electron chi connectivity index (χ0n) is 18.6. The fourth-order valence-electron chi connectivity index (χ4n) is 3.66. The Labute approximate surface area is 200 Å². The first-order chi connectivity index (χ1) is 16.5. The van der Waals surface area contributed by atoms with Crippen molar-refractivity contribution >= 4 is 50.7 Å². The van der Waals surface area contributed by atoms with E-state index in [0.29, 0.717) is 50.7 Å². The van der Waals surface area contributed by atoms with E-state index in [1.165, 1.54) is 18.3 Å². The van der Waals surface area contributed by atoms with Gasteiger partial charge in [0.15, 0.2) is 5.78 Å². The number of hydrogen-bond acceptors (Lipinski definition) is 7. The topological polar surface area (TPSA) is 122 Å². The molecular formula is C25H24N6O2S. The Morgan fingerprint density at radius 1 is 1.09 bits per heavy atom. The predicted molar refractivity (Wildman–Crippen MR) is 136 cm³/mol. The van der Waals surface area contributed by atoms with Crippen LogP contribution in [0.5, 0.6) is 0 Å². The minimum Gasteiger partial charge on any atom is -0.397 e. The van der Waals surface area contributed by atoms with Crippen molar-refractivity contribution in [2.75, 3.05) is 16.4 Å². The van der Waals surface area contributed by atoms with E-state index in [1.54, 1.807) is 0 Å². The molecule has 0 aliphatic heterocycles. The van der Waals surface area contributed by atoms with Gasteiger partial charge in [-0.2, -0.15) is 0 Å². The van der Waals surface area contributed by atoms with Crippen molar-refractivity contribution in [2.45, 2.75) is 32.4 Å². The highest BCUT2D eigenvalue weighted by atomic mass is 32.1. The molecule has 2 heterocycles. The average Bonchev–Trinajstić information content (AvgIpc) is 3.58. The third-order valence-electron chi connectivity index (χ3n) is 5.51. The van der Waals surface area contributed by atoms with Gasteiger partial charge >= 0.3 is 6.03 Å². The number of benzene rings is 2. The summed E-state index contributed by atoms with van der Waals surface area (Å²) in [6.07, 6.45) is 2.17. The van der Waals surface area contributed by atoms with Gasteiger partial charge in [0.1, 0.15) is 4.83 Å². The van der Waals surface area contributed by atoms with Crippen LogP contribution in [0.15, 0.2) is 54.6 Å². The number of nitrogens with one attached hydrogen (secondary N) is 3. The van der Waals surface area contributed by atoms with Gasteiger partial charge in [-0.1, -0.05) is 42.5 Å². The highest BCUT2D eigenvalue weighted by Gasteiger charge is 2.25. The standard InChI is InChI=1S/C25H24N6O2S/c1-14(32)22-20(26)19-21(30-24(28-17-10-11-17)31-23(19)34-22)16-8-5-9-18(12-16)29-25(33)27-13-15-6-3-2-4-7-15/h2-9,12,17H,10-11,13,26H2,1H3,(H2,27,29,33)(H,28,30,31). The molecule has 1 fully saturated rings. The van der Waals surface area contributed by atoms with Crippen molar-refractivity contribution in [3.8, 4) is 11.3 Å². The highest BCUT2D eigenvalue weighted by molar-refractivity contribution is 7.21. The molecule has 34 heavy (non-hydrogen) atoms. The molecule has 0 radical (unpaired) electrons. The Hall–Kier alpha value is -3.98. The second kappa shape index (κ2) is 9.11. The number of rotatable bonds is 7. The van der Waals surface area contributed by atoms with Gasteiger partial charge < -0.3 is 21.7 Å². The molecule has 0 bridgehead atoms. The number of thiophene rings is 1. The number of nitrogens with two attached hydrogens (primary N) is 1. The summed E-state index contributed by atoms with van der Waals surface area (Å²) in [5.74, 6) is 0.411. The summed E-state index contributed by atoms with van der Waals surface area (Å²) in [4.78, 5) is 35.1. The Morgan fingerprint density at radius 2 is 1.88 bits per heavy atom. The third kappa shape index (κ3) is 4.69. The zero-order chi connectivity index (χ0) is 23.7. The Morgan fingerprint density at radius 3 is 2.62 bits per heavy atom. The number of fused-ring (bicyclic) bond motifs is 1. The van der Waals surface area contributed by atoms with E-state index in [9.17, 15) is 9.59 Å². The Balaban J connectivity index is 1.45. The first kappa shape index (κ1) is 21.8. The van der Waals surface area contributed by atoms with Crippen molar-refractivity contribution in [2.24, 2.45) is 0 Å². The molecule has 1 aliphatic rings. The van der Waals surface area contributed by atoms with E-state index in [-0.39, 0.29) is 11.8 Å². The summed E-state index contributed by atoms with van der Waals surface area (Å²) < 4.78 is 0. The molecule has 9 heteroatoms. The monoisotopic (exact) mass is 472 g/mol. The van der Waals surface area contributed by atoms with Crippen LogP contribution in [0.4, 0.5) is 22.1 Å². The summed E-state index contributed by atoms with van der Waals surface area (Å²) in [5.41, 5.74) is 9.78. The number of urea groups is 1. The molecule has 172 valence electrons. The van der Waals surface area contributed by atoms with Crippen molar-refractivity contribution < 1.29 is 9.59 Å². The summed E-state index contributed by atoms with van der Waals surface area (Å²) >= 11 is 1.28. The molecule has 1 saturated carbocycles. The van der Waals surface area contributed by atoms with E-state index in [0.717, 1.165) is 24.0 Å². The van der Waals surface area contributed by atoms with E-state index in [4.69, 9.17) is 10.7 Å². The van der Waals surface area contributed by atoms with Gasteiger partial charge in [-0.25, -0.2) is 14.8 Å². The van der Waals surface area contributed by atoms with Crippen LogP contribution in [0.1, 0.15) is 35.0 Å². The largest absolute Gasteiger partial charge is 0.397 e. The van der Waals surface area contributed by atoms with Gasteiger partial charge in [0.2, 0.25) is 5.95 Å². The molecule has 2 aromatic heterocycles. The number of amides is 2. The van der Waals surface area contributed by atoms with Crippen LogP contribution in [-0.4, -0.2) is 27.8 Å². The van der Waals surface area contributed by atoms with E-state index >= 15 is 0 Å². The van der Waals surface area contributed by atoms with Gasteiger partial charge in [-0.3, -0.25) is 4.79 Å². The van der Waals surface area contributed by atoms with Crippen LogP contribution in [0, 0.1) is 0 Å². The summed E-state index contributed by atoms with van der Waals surface area (Å²) in [7, 11) is 0. The molecule has 2 aromatic carbocycles. The molecule has 2 amide bonds. The fraction of sp³-hybridized carbons (Fsp3) is 0.200. The second-order valence-corrected chi connectivity index (χ2v) is 9.27. The van der Waals surface area contributed by atoms with Gasteiger partial charge in [-0.15, -0.1) is 11.3 Å². The first-order valence-electron chi connectivity index (χ1n) is 11.0. The van der Waals surface area contributed by atoms with Crippen molar-refractivity contribution in [1.82, 2.24) is 15.3 Å².